The second-order valence-corrected chi connectivity index (χ2v) is 8.57. The summed E-state index contributed by atoms with van der Waals surface area (Å²) >= 11 is 6.02. The first-order valence-corrected chi connectivity index (χ1v) is 11.1. The van der Waals surface area contributed by atoms with Crippen molar-refractivity contribution in [2.24, 2.45) is 0 Å². The lowest BCUT2D eigenvalue weighted by atomic mass is 9.64. The number of rotatable bonds is 9. The van der Waals surface area contributed by atoms with E-state index >= 15 is 0 Å². The van der Waals surface area contributed by atoms with E-state index < -0.39 is 0 Å². The minimum Gasteiger partial charge on any atom is -0.424 e. The van der Waals surface area contributed by atoms with Gasteiger partial charge < -0.3 is 14.6 Å². The third kappa shape index (κ3) is 4.51. The molecule has 1 aromatic carbocycles. The number of amides is 2. The number of aromatic nitrogens is 2. The van der Waals surface area contributed by atoms with Gasteiger partial charge in [0, 0.05) is 43.9 Å². The van der Waals surface area contributed by atoms with E-state index in [4.69, 9.17) is 16.0 Å². The number of carbonyl (C=O) groups is 2. The smallest absolute Gasteiger partial charge is 0.227 e. The fourth-order valence-electron chi connectivity index (χ4n) is 4.22. The van der Waals surface area contributed by atoms with Crippen LogP contribution in [0.1, 0.15) is 62.3 Å². The van der Waals surface area contributed by atoms with Gasteiger partial charge in [-0.05, 0) is 43.4 Å². The molecule has 2 aliphatic rings. The molecule has 1 aliphatic heterocycles. The van der Waals surface area contributed by atoms with E-state index in [2.05, 4.69) is 15.5 Å². The summed E-state index contributed by atoms with van der Waals surface area (Å²) in [5.41, 5.74) is 0.910. The van der Waals surface area contributed by atoms with Gasteiger partial charge in [-0.25, -0.2) is 0 Å². The van der Waals surface area contributed by atoms with Crippen LogP contribution in [0.4, 0.5) is 0 Å². The maximum atomic E-state index is 12.1. The third-order valence-electron chi connectivity index (χ3n) is 6.14. The van der Waals surface area contributed by atoms with Crippen LogP contribution in [0.5, 0.6) is 0 Å². The van der Waals surface area contributed by atoms with Crippen LogP contribution in [0.15, 0.2) is 28.7 Å². The van der Waals surface area contributed by atoms with Crippen molar-refractivity contribution in [1.29, 1.82) is 0 Å². The number of halogens is 1. The van der Waals surface area contributed by atoms with E-state index in [-0.39, 0.29) is 17.2 Å². The monoisotopic (exact) mass is 430 g/mol. The highest BCUT2D eigenvalue weighted by molar-refractivity contribution is 6.30. The molecule has 0 radical (unpaired) electrons. The summed E-state index contributed by atoms with van der Waals surface area (Å²) in [6.07, 6.45) is 6.14. The molecule has 0 atom stereocenters. The van der Waals surface area contributed by atoms with Gasteiger partial charge >= 0.3 is 0 Å². The fraction of sp³-hybridized carbons (Fsp3) is 0.545. The summed E-state index contributed by atoms with van der Waals surface area (Å²) < 4.78 is 5.95. The third-order valence-corrected chi connectivity index (χ3v) is 6.40. The first kappa shape index (κ1) is 20.8. The quantitative estimate of drug-likeness (QED) is 0.617. The Hall–Kier alpha value is -2.41. The minimum atomic E-state index is -0.231. The average molecular weight is 431 g/mol. The first-order valence-electron chi connectivity index (χ1n) is 10.7. The van der Waals surface area contributed by atoms with Crippen molar-refractivity contribution in [1.82, 2.24) is 20.4 Å². The number of hydrogen-bond donors (Lipinski definition) is 1. The molecule has 30 heavy (non-hydrogen) atoms. The topological polar surface area (TPSA) is 88.3 Å². The van der Waals surface area contributed by atoms with Crippen LogP contribution in [0.2, 0.25) is 5.02 Å². The lowest BCUT2D eigenvalue weighted by Gasteiger charge is -2.39. The molecule has 1 saturated carbocycles. The predicted molar refractivity (Wildman–Crippen MR) is 112 cm³/mol. The zero-order valence-electron chi connectivity index (χ0n) is 17.0. The van der Waals surface area contributed by atoms with Crippen molar-refractivity contribution in [2.75, 3.05) is 19.6 Å². The van der Waals surface area contributed by atoms with Gasteiger partial charge in [0.05, 0.1) is 5.41 Å². The van der Waals surface area contributed by atoms with Crippen LogP contribution in [0.25, 0.3) is 0 Å². The molecule has 0 unspecified atom stereocenters. The second-order valence-electron chi connectivity index (χ2n) is 8.13. The van der Waals surface area contributed by atoms with Gasteiger partial charge in [0.1, 0.15) is 0 Å². The van der Waals surface area contributed by atoms with Gasteiger partial charge in [0.2, 0.25) is 23.6 Å². The molecule has 1 aromatic heterocycles. The highest BCUT2D eigenvalue weighted by Crippen LogP contribution is 2.48. The van der Waals surface area contributed by atoms with E-state index in [1.807, 2.05) is 29.2 Å². The summed E-state index contributed by atoms with van der Waals surface area (Å²) in [6, 6.07) is 7.82. The lowest BCUT2D eigenvalue weighted by Crippen LogP contribution is -2.35. The molecule has 2 fully saturated rings. The van der Waals surface area contributed by atoms with Gasteiger partial charge in [-0.3, -0.25) is 9.59 Å². The SMILES string of the molecule is O=C(CCc1nnc(C2(c3ccc(Cl)cc3)CCC2)o1)NCCCN1CCCC1=O. The second kappa shape index (κ2) is 9.16. The molecule has 1 N–H and O–H groups in total. The molecular formula is C22H27ClN4O3. The molecule has 1 saturated heterocycles. The lowest BCUT2D eigenvalue weighted by molar-refractivity contribution is -0.127. The Morgan fingerprint density at radius 1 is 1.20 bits per heavy atom. The fourth-order valence-corrected chi connectivity index (χ4v) is 4.35. The molecular weight excluding hydrogens is 404 g/mol. The zero-order chi connectivity index (χ0) is 21.0. The standard InChI is InChI=1S/C22H27ClN4O3/c23-17-7-5-16(6-8-17)22(11-2-12-22)21-26-25-19(30-21)10-9-18(28)24-13-3-15-27-14-1-4-20(27)29/h5-8H,1-4,9-15H2,(H,24,28). The van der Waals surface area contributed by atoms with Gasteiger partial charge in [-0.2, -0.15) is 0 Å². The average Bonchev–Trinajstić information content (AvgIpc) is 3.34. The number of aryl methyl sites for hydroxylation is 1. The highest BCUT2D eigenvalue weighted by atomic mass is 35.5. The summed E-state index contributed by atoms with van der Waals surface area (Å²) in [5, 5.41) is 12.1. The summed E-state index contributed by atoms with van der Waals surface area (Å²) in [4.78, 5) is 25.5. The number of hydrogen-bond acceptors (Lipinski definition) is 5. The van der Waals surface area contributed by atoms with E-state index in [1.54, 1.807) is 0 Å². The zero-order valence-corrected chi connectivity index (χ0v) is 17.8. The molecule has 0 bridgehead atoms. The Balaban J connectivity index is 1.24. The van der Waals surface area contributed by atoms with Gasteiger partial charge in [-0.1, -0.05) is 30.2 Å². The Kier molecular flexibility index (Phi) is 6.37. The molecule has 1 aliphatic carbocycles. The number of nitrogens with zero attached hydrogens (tertiary/aromatic N) is 3. The number of nitrogens with one attached hydrogen (secondary N) is 1. The molecule has 0 spiro atoms. The van der Waals surface area contributed by atoms with Crippen LogP contribution in [0, 0.1) is 0 Å². The number of benzene rings is 1. The Bertz CT molecular complexity index is 892. The first-order chi connectivity index (χ1) is 14.6. The van der Waals surface area contributed by atoms with Crippen molar-refractivity contribution in [3.8, 4) is 0 Å². The van der Waals surface area contributed by atoms with E-state index in [9.17, 15) is 9.59 Å². The molecule has 4 rings (SSSR count). The van der Waals surface area contributed by atoms with Gasteiger partial charge in [0.15, 0.2) is 0 Å². The van der Waals surface area contributed by atoms with Crippen molar-refractivity contribution in [2.45, 2.75) is 56.8 Å². The molecule has 160 valence electrons. The minimum absolute atomic E-state index is 0.0430. The molecule has 7 nitrogen and oxygen atoms in total. The molecule has 2 amide bonds. The van der Waals surface area contributed by atoms with Crippen LogP contribution >= 0.6 is 11.6 Å². The van der Waals surface area contributed by atoms with Crippen LogP contribution in [0.3, 0.4) is 0 Å². The summed E-state index contributed by atoms with van der Waals surface area (Å²) in [7, 11) is 0. The Morgan fingerprint density at radius 3 is 2.67 bits per heavy atom. The molecule has 8 heteroatoms. The summed E-state index contributed by atoms with van der Waals surface area (Å²) in [5.74, 6) is 1.29. The molecule has 2 heterocycles. The van der Waals surface area contributed by atoms with Gasteiger partial charge in [-0.15, -0.1) is 10.2 Å². The molecule has 2 aromatic rings. The maximum absolute atomic E-state index is 12.1. The summed E-state index contributed by atoms with van der Waals surface area (Å²) in [6.45, 7) is 2.11. The Morgan fingerprint density at radius 2 is 2.00 bits per heavy atom. The maximum Gasteiger partial charge on any atom is 0.227 e. The van der Waals surface area contributed by atoms with Crippen molar-refractivity contribution >= 4 is 23.4 Å². The van der Waals surface area contributed by atoms with Crippen molar-refractivity contribution in [3.05, 3.63) is 46.6 Å². The van der Waals surface area contributed by atoms with Crippen LogP contribution < -0.4 is 5.32 Å². The van der Waals surface area contributed by atoms with Crippen LogP contribution in [-0.2, 0) is 21.4 Å². The van der Waals surface area contributed by atoms with E-state index in [0.29, 0.717) is 49.2 Å². The number of likely N-dealkylation sites (tertiary alicyclic amines) is 1. The Labute approximate surface area is 181 Å². The van der Waals surface area contributed by atoms with Crippen molar-refractivity contribution < 1.29 is 14.0 Å². The number of carbonyl (C=O) groups excluding carboxylic acids is 2. The van der Waals surface area contributed by atoms with E-state index in [1.165, 1.54) is 0 Å². The highest BCUT2D eigenvalue weighted by Gasteiger charge is 2.45. The van der Waals surface area contributed by atoms with E-state index in [0.717, 1.165) is 44.2 Å². The predicted octanol–water partition coefficient (Wildman–Crippen LogP) is 3.25. The van der Waals surface area contributed by atoms with Crippen LogP contribution in [-0.4, -0.2) is 46.5 Å². The van der Waals surface area contributed by atoms with Crippen molar-refractivity contribution in [3.63, 3.8) is 0 Å². The van der Waals surface area contributed by atoms with Gasteiger partial charge in [0.25, 0.3) is 0 Å². The normalized spacial score (nSPS) is 17.8. The largest absolute Gasteiger partial charge is 0.424 e.